The molecule has 1 aliphatic heterocycles. The Kier molecular flexibility index (Phi) is 4.27. The van der Waals surface area contributed by atoms with Crippen molar-refractivity contribution in [3.63, 3.8) is 0 Å². The lowest BCUT2D eigenvalue weighted by Gasteiger charge is -2.26. The summed E-state index contributed by atoms with van der Waals surface area (Å²) in [5, 5.41) is 16.9. The van der Waals surface area contributed by atoms with Crippen molar-refractivity contribution in [2.75, 3.05) is 33.7 Å². The van der Waals surface area contributed by atoms with Crippen LogP contribution >= 0.6 is 11.3 Å². The van der Waals surface area contributed by atoms with Crippen LogP contribution in [0.5, 0.6) is 0 Å². The number of likely N-dealkylation sites (N-methyl/N-ethyl adjacent to an activating group) is 1. The highest BCUT2D eigenvalue weighted by Crippen LogP contribution is 2.27. The van der Waals surface area contributed by atoms with Gasteiger partial charge in [0.05, 0.1) is 22.7 Å². The van der Waals surface area contributed by atoms with E-state index in [1.54, 1.807) is 20.9 Å². The zero-order chi connectivity index (χ0) is 16.6. The number of aliphatic hydroxyl groups is 1. The number of aromatic nitrogens is 2. The molecule has 0 aliphatic carbocycles. The summed E-state index contributed by atoms with van der Waals surface area (Å²) >= 11 is 1.62. The number of rotatable bonds is 4. The zero-order valence-electron chi connectivity index (χ0n) is 13.7. The second kappa shape index (κ2) is 6.07. The lowest BCUT2D eigenvalue weighted by atomic mass is 10.0. The predicted octanol–water partition coefficient (Wildman–Crippen LogP) is 1.29. The number of carbonyl (C=O) groups excluding carboxylic acids is 1. The second-order valence-electron chi connectivity index (χ2n) is 6.45. The van der Waals surface area contributed by atoms with Gasteiger partial charge in [-0.1, -0.05) is 6.07 Å². The van der Waals surface area contributed by atoms with Crippen LogP contribution in [-0.2, 0) is 7.05 Å². The smallest absolute Gasteiger partial charge is 0.274 e. The first-order chi connectivity index (χ1) is 10.9. The molecule has 6 nitrogen and oxygen atoms in total. The van der Waals surface area contributed by atoms with Crippen molar-refractivity contribution in [3.05, 3.63) is 29.3 Å². The van der Waals surface area contributed by atoms with Gasteiger partial charge < -0.3 is 14.9 Å². The highest BCUT2D eigenvalue weighted by molar-refractivity contribution is 7.13. The van der Waals surface area contributed by atoms with Crippen molar-refractivity contribution in [2.45, 2.75) is 12.0 Å². The molecule has 0 unspecified atom stereocenters. The summed E-state index contributed by atoms with van der Waals surface area (Å²) in [5.74, 6) is -0.113. The maximum atomic E-state index is 12.7. The predicted molar refractivity (Wildman–Crippen MR) is 90.5 cm³/mol. The molecule has 7 heteroatoms. The summed E-state index contributed by atoms with van der Waals surface area (Å²) in [4.78, 5) is 17.4. The quantitative estimate of drug-likeness (QED) is 0.915. The lowest BCUT2D eigenvalue weighted by Crippen LogP contribution is -2.43. The van der Waals surface area contributed by atoms with E-state index < -0.39 is 5.60 Å². The molecule has 0 radical (unpaired) electrons. The van der Waals surface area contributed by atoms with Crippen LogP contribution in [0.2, 0.25) is 0 Å². The summed E-state index contributed by atoms with van der Waals surface area (Å²) in [6.07, 6.45) is 0.599. The summed E-state index contributed by atoms with van der Waals surface area (Å²) in [5.41, 5.74) is 0.543. The molecule has 2 aromatic rings. The van der Waals surface area contributed by atoms with Crippen LogP contribution in [0.25, 0.3) is 10.6 Å². The molecule has 1 saturated heterocycles. The normalized spacial score (nSPS) is 21.3. The van der Waals surface area contributed by atoms with Gasteiger partial charge in [0.25, 0.3) is 5.91 Å². The molecular weight excluding hydrogens is 312 g/mol. The molecule has 0 spiro atoms. The molecule has 1 N–H and O–H groups in total. The molecule has 124 valence electrons. The van der Waals surface area contributed by atoms with Gasteiger partial charge in [0.1, 0.15) is 0 Å². The number of thiophene rings is 1. The molecule has 2 aromatic heterocycles. The first-order valence-corrected chi connectivity index (χ1v) is 8.50. The number of amides is 1. The summed E-state index contributed by atoms with van der Waals surface area (Å²) in [7, 11) is 5.70. The average Bonchev–Trinajstić information content (AvgIpc) is 3.16. The molecule has 3 heterocycles. The lowest BCUT2D eigenvalue weighted by molar-refractivity contribution is 0.0235. The summed E-state index contributed by atoms with van der Waals surface area (Å²) in [6.45, 7) is 1.47. The number of β-amino-alcohol motifs (C(OH)–C–C–N with tert-alkyl or cyclic N) is 1. The fraction of sp³-hybridized carbons (Fsp3) is 0.500. The third-order valence-corrected chi connectivity index (χ3v) is 4.99. The van der Waals surface area contributed by atoms with E-state index in [4.69, 9.17) is 0 Å². The van der Waals surface area contributed by atoms with E-state index in [2.05, 4.69) is 5.10 Å². The Morgan fingerprint density at radius 2 is 2.30 bits per heavy atom. The Morgan fingerprint density at radius 3 is 2.96 bits per heavy atom. The minimum atomic E-state index is -0.829. The van der Waals surface area contributed by atoms with Crippen molar-refractivity contribution in [1.29, 1.82) is 0 Å². The van der Waals surface area contributed by atoms with E-state index >= 15 is 0 Å². The molecule has 1 aliphatic rings. The Bertz CT molecular complexity index is 695. The van der Waals surface area contributed by atoms with E-state index in [-0.39, 0.29) is 5.91 Å². The first-order valence-electron chi connectivity index (χ1n) is 7.62. The van der Waals surface area contributed by atoms with Crippen LogP contribution in [0.4, 0.5) is 0 Å². The molecular formula is C16H22N4O2S. The van der Waals surface area contributed by atoms with Crippen molar-refractivity contribution in [1.82, 2.24) is 19.6 Å². The van der Waals surface area contributed by atoms with Gasteiger partial charge in [-0.25, -0.2) is 0 Å². The van der Waals surface area contributed by atoms with Crippen LogP contribution in [0.3, 0.4) is 0 Å². The van der Waals surface area contributed by atoms with Gasteiger partial charge in [-0.3, -0.25) is 9.48 Å². The molecule has 0 aromatic carbocycles. The van der Waals surface area contributed by atoms with Crippen molar-refractivity contribution < 1.29 is 9.90 Å². The molecule has 3 rings (SSSR count). The van der Waals surface area contributed by atoms with Gasteiger partial charge in [-0.2, -0.15) is 5.10 Å². The molecule has 23 heavy (non-hydrogen) atoms. The zero-order valence-corrected chi connectivity index (χ0v) is 14.5. The molecule has 0 saturated carbocycles. The minimum Gasteiger partial charge on any atom is -0.387 e. The SMILES string of the molecule is CN(C)C[C@@]1(O)CCN(C(=O)c2cc(-c3cccs3)n(C)n2)C1. The number of carbonyl (C=O) groups is 1. The third kappa shape index (κ3) is 3.31. The fourth-order valence-corrected chi connectivity index (χ4v) is 3.91. The Balaban J connectivity index is 1.76. The molecule has 1 fully saturated rings. The molecule has 0 bridgehead atoms. The Hall–Kier alpha value is -1.70. The first kappa shape index (κ1) is 16.2. The van der Waals surface area contributed by atoms with Crippen LogP contribution in [0.15, 0.2) is 23.6 Å². The minimum absolute atomic E-state index is 0.113. The molecule has 1 atom stereocenters. The van der Waals surface area contributed by atoms with E-state index in [9.17, 15) is 9.90 Å². The monoisotopic (exact) mass is 334 g/mol. The average molecular weight is 334 g/mol. The number of hydrogen-bond acceptors (Lipinski definition) is 5. The Labute approximate surface area is 139 Å². The van der Waals surface area contributed by atoms with Gasteiger partial charge in [0.2, 0.25) is 0 Å². The van der Waals surface area contributed by atoms with Crippen molar-refractivity contribution >= 4 is 17.2 Å². The molecule has 1 amide bonds. The number of hydrogen-bond donors (Lipinski definition) is 1. The van der Waals surface area contributed by atoms with Crippen LogP contribution < -0.4 is 0 Å². The largest absolute Gasteiger partial charge is 0.387 e. The number of nitrogens with zero attached hydrogens (tertiary/aromatic N) is 4. The number of likely N-dealkylation sites (tertiary alicyclic amines) is 1. The van der Waals surface area contributed by atoms with Gasteiger partial charge in [-0.05, 0) is 38.0 Å². The van der Waals surface area contributed by atoms with E-state index in [0.29, 0.717) is 31.7 Å². The topological polar surface area (TPSA) is 61.6 Å². The third-order valence-electron chi connectivity index (χ3n) is 4.10. The van der Waals surface area contributed by atoms with Gasteiger partial charge in [0, 0.05) is 20.1 Å². The summed E-state index contributed by atoms with van der Waals surface area (Å²) in [6, 6.07) is 5.83. The van der Waals surface area contributed by atoms with Crippen molar-refractivity contribution in [3.8, 4) is 10.6 Å². The highest BCUT2D eigenvalue weighted by Gasteiger charge is 2.39. The maximum absolute atomic E-state index is 12.7. The van der Waals surface area contributed by atoms with Gasteiger partial charge >= 0.3 is 0 Å². The van der Waals surface area contributed by atoms with Crippen LogP contribution in [0, 0.1) is 0 Å². The highest BCUT2D eigenvalue weighted by atomic mass is 32.1. The van der Waals surface area contributed by atoms with E-state index in [0.717, 1.165) is 10.6 Å². The van der Waals surface area contributed by atoms with E-state index in [1.807, 2.05) is 49.6 Å². The van der Waals surface area contributed by atoms with Crippen LogP contribution in [0.1, 0.15) is 16.9 Å². The van der Waals surface area contributed by atoms with Crippen molar-refractivity contribution in [2.24, 2.45) is 7.05 Å². The van der Waals surface area contributed by atoms with Gasteiger partial charge in [0.15, 0.2) is 5.69 Å². The van der Waals surface area contributed by atoms with Gasteiger partial charge in [-0.15, -0.1) is 11.3 Å². The Morgan fingerprint density at radius 1 is 1.52 bits per heavy atom. The standard InChI is InChI=1S/C16H22N4O2S/c1-18(2)10-16(22)6-7-20(11-16)15(21)12-9-13(19(3)17-12)14-5-4-8-23-14/h4-5,8-9,22H,6-7,10-11H2,1-3H3/t16-/m0/s1. The maximum Gasteiger partial charge on any atom is 0.274 e. The fourth-order valence-electron chi connectivity index (χ4n) is 3.14. The summed E-state index contributed by atoms with van der Waals surface area (Å²) < 4.78 is 1.74. The van der Waals surface area contributed by atoms with E-state index in [1.165, 1.54) is 0 Å². The number of aryl methyl sites for hydroxylation is 1. The van der Waals surface area contributed by atoms with Crippen LogP contribution in [-0.4, -0.2) is 69.9 Å². The second-order valence-corrected chi connectivity index (χ2v) is 7.40.